The van der Waals surface area contributed by atoms with Crippen molar-refractivity contribution >= 4 is 0 Å². The first kappa shape index (κ1) is 21.4. The van der Waals surface area contributed by atoms with Gasteiger partial charge < -0.3 is 19.5 Å². The van der Waals surface area contributed by atoms with Crippen LogP contribution in [0.3, 0.4) is 0 Å². The van der Waals surface area contributed by atoms with E-state index in [0.29, 0.717) is 19.8 Å². The lowest BCUT2D eigenvalue weighted by Crippen LogP contribution is -2.44. The fraction of sp³-hybridized carbons (Fsp3) is 0.333. The Bertz CT molecular complexity index is 917. The Hall–Kier alpha value is -2.82. The summed E-state index contributed by atoms with van der Waals surface area (Å²) in [5.74, 6) is 1.68. The van der Waals surface area contributed by atoms with Crippen molar-refractivity contribution in [3.63, 3.8) is 0 Å². The molecule has 0 unspecified atom stereocenters. The predicted molar refractivity (Wildman–Crippen MR) is 124 cm³/mol. The number of ether oxygens (including phenoxy) is 3. The zero-order valence-electron chi connectivity index (χ0n) is 18.3. The highest BCUT2D eigenvalue weighted by Crippen LogP contribution is 2.31. The molecule has 3 aromatic carbocycles. The molecule has 0 saturated carbocycles. The third-order valence-corrected chi connectivity index (χ3v) is 5.44. The molecule has 31 heavy (non-hydrogen) atoms. The first-order valence-electron chi connectivity index (χ1n) is 11.0. The van der Waals surface area contributed by atoms with Crippen molar-refractivity contribution in [2.24, 2.45) is 0 Å². The summed E-state index contributed by atoms with van der Waals surface area (Å²) in [5, 5.41) is 3.65. The molecule has 4 rings (SSSR count). The second-order valence-electron chi connectivity index (χ2n) is 8.55. The van der Waals surface area contributed by atoms with E-state index < -0.39 is 0 Å². The highest BCUT2D eigenvalue weighted by Gasteiger charge is 2.22. The topological polar surface area (TPSA) is 39.7 Å². The fourth-order valence-corrected chi connectivity index (χ4v) is 3.77. The molecule has 0 radical (unpaired) electrons. The summed E-state index contributed by atoms with van der Waals surface area (Å²) in [6.45, 7) is 7.06. The predicted octanol–water partition coefficient (Wildman–Crippen LogP) is 5.17. The van der Waals surface area contributed by atoms with Crippen LogP contribution < -0.4 is 14.8 Å². The molecule has 0 fully saturated rings. The van der Waals surface area contributed by atoms with Crippen molar-refractivity contribution in [1.29, 1.82) is 0 Å². The maximum atomic E-state index is 6.46. The molecule has 0 aliphatic carbocycles. The molecule has 4 heteroatoms. The molecule has 1 aliphatic heterocycles. The van der Waals surface area contributed by atoms with Gasteiger partial charge in [0.05, 0.1) is 6.61 Å². The summed E-state index contributed by atoms with van der Waals surface area (Å²) >= 11 is 0. The molecule has 3 aromatic rings. The van der Waals surface area contributed by atoms with Gasteiger partial charge in [0, 0.05) is 5.54 Å². The Kier molecular flexibility index (Phi) is 6.90. The van der Waals surface area contributed by atoms with Crippen LogP contribution in [0.25, 0.3) is 0 Å². The van der Waals surface area contributed by atoms with E-state index in [4.69, 9.17) is 14.2 Å². The van der Waals surface area contributed by atoms with Gasteiger partial charge in [0.15, 0.2) is 11.5 Å². The minimum absolute atomic E-state index is 0.0822. The van der Waals surface area contributed by atoms with Crippen LogP contribution in [0.5, 0.6) is 11.5 Å². The van der Waals surface area contributed by atoms with Gasteiger partial charge in [-0.3, -0.25) is 0 Å². The van der Waals surface area contributed by atoms with E-state index in [2.05, 4.69) is 79.8 Å². The summed E-state index contributed by atoms with van der Waals surface area (Å²) in [6.07, 6.45) is 0.835. The summed E-state index contributed by atoms with van der Waals surface area (Å²) in [5.41, 5.74) is 3.41. The molecular weight excluding hydrogens is 386 g/mol. The molecular formula is C27H31NO3. The lowest BCUT2D eigenvalue weighted by molar-refractivity contribution is 0.0394. The van der Waals surface area contributed by atoms with Crippen LogP contribution >= 0.6 is 0 Å². The van der Waals surface area contributed by atoms with Crippen LogP contribution in [-0.4, -0.2) is 31.9 Å². The lowest BCUT2D eigenvalue weighted by atomic mass is 10.0. The van der Waals surface area contributed by atoms with E-state index in [-0.39, 0.29) is 11.6 Å². The Morgan fingerprint density at radius 3 is 2.10 bits per heavy atom. The fourth-order valence-electron chi connectivity index (χ4n) is 3.77. The molecule has 1 heterocycles. The van der Waals surface area contributed by atoms with Crippen molar-refractivity contribution in [2.75, 3.05) is 26.4 Å². The Balaban J connectivity index is 1.34. The monoisotopic (exact) mass is 417 g/mol. The number of rotatable bonds is 9. The summed E-state index contributed by atoms with van der Waals surface area (Å²) in [6, 6.07) is 27.0. The molecule has 1 aliphatic rings. The SMILES string of the molecule is CC(C)(COC(c1ccccc1)c1ccccc1)NCCc1ccc2c(c1)OCCO2. The van der Waals surface area contributed by atoms with E-state index in [9.17, 15) is 0 Å². The molecule has 0 saturated heterocycles. The molecule has 0 bridgehead atoms. The smallest absolute Gasteiger partial charge is 0.161 e. The second-order valence-corrected chi connectivity index (χ2v) is 8.55. The van der Waals surface area contributed by atoms with E-state index in [1.165, 1.54) is 16.7 Å². The van der Waals surface area contributed by atoms with Crippen LogP contribution in [0.4, 0.5) is 0 Å². The van der Waals surface area contributed by atoms with Crippen molar-refractivity contribution in [3.05, 3.63) is 95.6 Å². The first-order chi connectivity index (χ1) is 15.1. The molecule has 4 nitrogen and oxygen atoms in total. The average Bonchev–Trinajstić information content (AvgIpc) is 2.80. The van der Waals surface area contributed by atoms with Gasteiger partial charge in [-0.05, 0) is 55.6 Å². The molecule has 1 N–H and O–H groups in total. The van der Waals surface area contributed by atoms with Crippen LogP contribution in [0.15, 0.2) is 78.9 Å². The van der Waals surface area contributed by atoms with Gasteiger partial charge >= 0.3 is 0 Å². The number of nitrogens with one attached hydrogen (secondary N) is 1. The van der Waals surface area contributed by atoms with Gasteiger partial charge in [0.1, 0.15) is 19.3 Å². The molecule has 162 valence electrons. The third-order valence-electron chi connectivity index (χ3n) is 5.44. The number of hydrogen-bond donors (Lipinski definition) is 1. The summed E-state index contributed by atoms with van der Waals surface area (Å²) in [4.78, 5) is 0. The standard InChI is InChI=1S/C27H31NO3/c1-27(2,28-16-15-21-13-14-24-25(19-21)30-18-17-29-24)20-31-26(22-9-5-3-6-10-22)23-11-7-4-8-12-23/h3-14,19,26,28H,15-18,20H2,1-2H3. The van der Waals surface area contributed by atoms with Gasteiger partial charge in [0.2, 0.25) is 0 Å². The van der Waals surface area contributed by atoms with Gasteiger partial charge in [-0.1, -0.05) is 66.7 Å². The summed E-state index contributed by atoms with van der Waals surface area (Å²) in [7, 11) is 0. The molecule has 0 amide bonds. The molecule has 0 spiro atoms. The molecule has 0 atom stereocenters. The summed E-state index contributed by atoms with van der Waals surface area (Å²) < 4.78 is 17.8. The molecule has 0 aromatic heterocycles. The zero-order valence-corrected chi connectivity index (χ0v) is 18.3. The van der Waals surface area contributed by atoms with Crippen molar-refractivity contribution in [1.82, 2.24) is 5.32 Å². The van der Waals surface area contributed by atoms with E-state index in [0.717, 1.165) is 24.5 Å². The first-order valence-corrected chi connectivity index (χ1v) is 11.0. The van der Waals surface area contributed by atoms with E-state index >= 15 is 0 Å². The number of fused-ring (bicyclic) bond motifs is 1. The van der Waals surface area contributed by atoms with Gasteiger partial charge in [0.25, 0.3) is 0 Å². The largest absolute Gasteiger partial charge is 0.486 e. The maximum absolute atomic E-state index is 6.46. The Morgan fingerprint density at radius 1 is 0.839 bits per heavy atom. The second kappa shape index (κ2) is 9.99. The zero-order chi connectivity index (χ0) is 21.5. The van der Waals surface area contributed by atoms with Gasteiger partial charge in [-0.2, -0.15) is 0 Å². The quantitative estimate of drug-likeness (QED) is 0.521. The number of hydrogen-bond acceptors (Lipinski definition) is 4. The van der Waals surface area contributed by atoms with Crippen LogP contribution in [-0.2, 0) is 11.2 Å². The Labute approximate surface area is 185 Å². The van der Waals surface area contributed by atoms with E-state index in [1.807, 2.05) is 18.2 Å². The minimum atomic E-state index is -0.157. The Morgan fingerprint density at radius 2 is 1.45 bits per heavy atom. The van der Waals surface area contributed by atoms with Crippen LogP contribution in [0.1, 0.15) is 36.6 Å². The average molecular weight is 418 g/mol. The minimum Gasteiger partial charge on any atom is -0.486 e. The maximum Gasteiger partial charge on any atom is 0.161 e. The normalized spacial score (nSPS) is 13.4. The van der Waals surface area contributed by atoms with Crippen LogP contribution in [0.2, 0.25) is 0 Å². The van der Waals surface area contributed by atoms with Crippen molar-refractivity contribution in [2.45, 2.75) is 31.9 Å². The van der Waals surface area contributed by atoms with E-state index in [1.54, 1.807) is 0 Å². The third kappa shape index (κ3) is 5.87. The number of benzene rings is 3. The highest BCUT2D eigenvalue weighted by atomic mass is 16.6. The lowest BCUT2D eigenvalue weighted by Gasteiger charge is -2.29. The van der Waals surface area contributed by atoms with Crippen molar-refractivity contribution < 1.29 is 14.2 Å². The van der Waals surface area contributed by atoms with Crippen LogP contribution in [0, 0.1) is 0 Å². The van der Waals surface area contributed by atoms with Crippen molar-refractivity contribution in [3.8, 4) is 11.5 Å². The van der Waals surface area contributed by atoms with Gasteiger partial charge in [-0.15, -0.1) is 0 Å². The van der Waals surface area contributed by atoms with Gasteiger partial charge in [-0.25, -0.2) is 0 Å². The highest BCUT2D eigenvalue weighted by molar-refractivity contribution is 5.43.